The number of benzene rings is 5. The Morgan fingerprint density at radius 3 is 1.01 bits per heavy atom. The minimum atomic E-state index is -5.77. The summed E-state index contributed by atoms with van der Waals surface area (Å²) in [5.74, 6) is -13.7. The van der Waals surface area contributed by atoms with E-state index in [2.05, 4.69) is 29.3 Å². The molecule has 0 bridgehead atoms. The maximum atomic E-state index is 14.2. The van der Waals surface area contributed by atoms with E-state index >= 15 is 0 Å². The van der Waals surface area contributed by atoms with E-state index in [1.807, 2.05) is 0 Å². The highest BCUT2D eigenvalue weighted by Crippen LogP contribution is 2.45. The Morgan fingerprint density at radius 1 is 0.345 bits per heavy atom. The van der Waals surface area contributed by atoms with E-state index in [1.54, 1.807) is 0 Å². The van der Waals surface area contributed by atoms with E-state index in [9.17, 15) is 105 Å². The average molecular weight is 1350 g/mol. The van der Waals surface area contributed by atoms with Crippen LogP contribution >= 0.6 is 11.2 Å². The molecule has 0 amide bonds. The van der Waals surface area contributed by atoms with Crippen LogP contribution in [0.4, 0.5) is 0 Å². The Morgan fingerprint density at radius 2 is 0.679 bits per heavy atom. The van der Waals surface area contributed by atoms with Crippen molar-refractivity contribution in [1.82, 2.24) is 0 Å². The van der Waals surface area contributed by atoms with Crippen molar-refractivity contribution in [2.24, 2.45) is 0 Å². The van der Waals surface area contributed by atoms with Crippen molar-refractivity contribution < 1.29 is 156 Å². The Balaban J connectivity index is 1.31. The number of hydrogen-bond donors (Lipinski definition) is 10. The molecule has 456 valence electrons. The topological polar surface area (TPSA) is 594 Å². The van der Waals surface area contributed by atoms with Crippen LogP contribution in [0.5, 0.6) is 57.5 Å². The van der Waals surface area contributed by atoms with Crippen LogP contribution in [-0.4, -0.2) is 104 Å². The largest absolute Gasteiger partial charge is 0.488 e. The summed E-state index contributed by atoms with van der Waals surface area (Å²) in [5.41, 5.74) is -6.41. The van der Waals surface area contributed by atoms with Crippen LogP contribution in [0.15, 0.2) is 103 Å². The average Bonchev–Trinajstić information content (AvgIpc) is 1.66. The second-order valence-electron chi connectivity index (χ2n) is 15.6. The van der Waals surface area contributed by atoms with Crippen LogP contribution in [-0.2, 0) is 86.0 Å². The van der Waals surface area contributed by atoms with Gasteiger partial charge in [-0.2, -0.15) is 58.9 Å². The molecule has 46 heteroatoms. The number of hydrogen-bond acceptors (Lipinski definition) is 31. The molecule has 2 heterocycles. The summed E-state index contributed by atoms with van der Waals surface area (Å²) in [7, 11) is -39.1. The molecular weight excluding hydrogens is 1320 g/mol. The minimum absolute atomic E-state index is 0.0360. The van der Waals surface area contributed by atoms with Crippen molar-refractivity contribution in [1.29, 1.82) is 0 Å². The number of ether oxygens (including phenoxy) is 2. The lowest BCUT2D eigenvalue weighted by atomic mass is 10.1. The van der Waals surface area contributed by atoms with Gasteiger partial charge in [0.15, 0.2) is 40.3 Å². The predicted octanol–water partition coefficient (Wildman–Crippen LogP) is 3.18. The van der Waals surface area contributed by atoms with Crippen LogP contribution in [0, 0.1) is 0 Å². The summed E-state index contributed by atoms with van der Waals surface area (Å²) < 4.78 is 317. The third-order valence-electron chi connectivity index (χ3n) is 9.54. The molecule has 0 aliphatic rings. The zero-order chi connectivity index (χ0) is 62.5. The van der Waals surface area contributed by atoms with Gasteiger partial charge in [-0.25, -0.2) is 0 Å². The van der Waals surface area contributed by atoms with Crippen LogP contribution < -0.4 is 53.8 Å². The lowest BCUT2D eigenvalue weighted by Gasteiger charge is -2.20. The van der Waals surface area contributed by atoms with E-state index in [-0.39, 0.29) is 11.1 Å². The molecule has 7 aromatic rings. The molecule has 0 radical (unpaired) electrons. The van der Waals surface area contributed by atoms with E-state index in [0.717, 1.165) is 0 Å². The lowest BCUT2D eigenvalue weighted by Crippen LogP contribution is -2.17. The first kappa shape index (κ1) is 63.7. The first-order valence-corrected chi connectivity index (χ1v) is 31.6. The molecule has 38 nitrogen and oxygen atoms in total. The van der Waals surface area contributed by atoms with Gasteiger partial charge in [-0.05, 0) is 53.6 Å². The molecule has 0 spiro atoms. The van der Waals surface area contributed by atoms with Crippen LogP contribution in [0.25, 0.3) is 44.6 Å². The fraction of sp³-hybridized carbons (Fsp3) is 0.0526. The molecule has 0 aliphatic carbocycles. The smallest absolute Gasteiger partial charge is 0.446 e. The highest BCUT2D eigenvalue weighted by Gasteiger charge is 2.31. The third-order valence-corrected chi connectivity index (χ3v) is 12.7. The summed E-state index contributed by atoms with van der Waals surface area (Å²) >= 11 is -4.97. The maximum Gasteiger partial charge on any atom is 0.446 e. The summed E-state index contributed by atoms with van der Waals surface area (Å²) in [5, 5.41) is -1.77. The number of fused-ring (bicyclic) bond motifs is 2. The van der Waals surface area contributed by atoms with Gasteiger partial charge in [0.25, 0.3) is 11.2 Å². The van der Waals surface area contributed by atoms with Gasteiger partial charge in [0.05, 0.1) is 0 Å². The second kappa shape index (κ2) is 22.9. The minimum Gasteiger partial charge on any atom is -0.488 e. The van der Waals surface area contributed by atoms with Crippen molar-refractivity contribution in [2.75, 3.05) is 0 Å². The molecule has 5 aromatic carbocycles. The van der Waals surface area contributed by atoms with Gasteiger partial charge in [0, 0.05) is 35.4 Å². The van der Waals surface area contributed by atoms with Crippen molar-refractivity contribution in [2.45, 2.75) is 13.2 Å². The Hall–Kier alpha value is -7.88. The molecule has 0 saturated heterocycles. The van der Waals surface area contributed by atoms with Gasteiger partial charge in [0.2, 0.25) is 22.4 Å². The SMILES string of the molecule is O=c1c(OS(=O)(=O)O)c(-c2ccc(OS(=O)(=O)O)c(OS(=O)(=O)O)c2)oc2cc(OS(O)(O)O)cc(OCc3cccc(COc4cc(OS(=O)(=O)O)cc5oc(-c6ccc(OS(=O)(=O)O)c(OS(=O)(=O)O)c6)c(OS(=O)(=O)O)c(=O)c45)c3)c12. The monoisotopic (exact) mass is 1350 g/mol. The first-order chi connectivity index (χ1) is 38.3. The highest BCUT2D eigenvalue weighted by molar-refractivity contribution is 8.15. The first-order valence-electron chi connectivity index (χ1n) is 20.6. The van der Waals surface area contributed by atoms with Crippen molar-refractivity contribution >= 4 is 106 Å². The molecule has 0 atom stereocenters. The van der Waals surface area contributed by atoms with Gasteiger partial charge in [-0.3, -0.25) is 55.1 Å². The van der Waals surface area contributed by atoms with Gasteiger partial charge >= 0.3 is 72.8 Å². The van der Waals surface area contributed by atoms with E-state index < -0.39 is 210 Å². The van der Waals surface area contributed by atoms with Gasteiger partial charge < -0.3 is 51.8 Å². The fourth-order valence-electron chi connectivity index (χ4n) is 6.95. The maximum absolute atomic E-state index is 14.2. The second-order valence-corrected chi connectivity index (χ2v) is 23.9. The van der Waals surface area contributed by atoms with Crippen molar-refractivity contribution in [3.05, 3.63) is 117 Å². The number of rotatable bonds is 24. The fourth-order valence-corrected chi connectivity index (χ4v) is 9.82. The zero-order valence-electron chi connectivity index (χ0n) is 39.7. The molecule has 10 N–H and O–H groups in total. The molecule has 0 aliphatic heterocycles. The standard InChI is InChI=1S/C38H28O38S8/c39-33-31-27(11-21(69-77(41,42)43)13-29(31)67-35(37(33)75-83(59,60)61)19-4-6-23(71-79(47,48)49)25(9-19)73-81(53,54)55)65-15-17-2-1-3-18(8-17)16-66-28-12-22(70-78(44,45)46)14-30-32(28)34(40)38(76-84(62,63)64)36(68-30)20-5-7-24(72-80(50,51)52)26(10-20)74-82(56,57)58/h1-14,41-43H,15-16H2,(H,44,45,46)(H,47,48,49)(H,50,51,52)(H,53,54,55)(H,56,57,58)(H,59,60,61)(H,62,63,64). The molecular formula is C38H28O38S8. The normalized spacial score (nSPS) is 13.0. The Labute approximate surface area is 469 Å². The Bertz CT molecular complexity index is 4780. The van der Waals surface area contributed by atoms with E-state index in [1.165, 1.54) is 24.3 Å². The summed E-state index contributed by atoms with van der Waals surface area (Å²) in [6, 6.07) is 10.7. The van der Waals surface area contributed by atoms with Gasteiger partial charge in [-0.1, -0.05) is 18.2 Å². The van der Waals surface area contributed by atoms with Crippen LogP contribution in [0.2, 0.25) is 0 Å². The Kier molecular flexibility index (Phi) is 17.4. The third kappa shape index (κ3) is 17.6. The summed E-state index contributed by atoms with van der Waals surface area (Å²) in [6.45, 7) is -1.48. The van der Waals surface area contributed by atoms with Crippen molar-refractivity contribution in [3.63, 3.8) is 0 Å². The molecule has 2 aromatic heterocycles. The summed E-state index contributed by atoms with van der Waals surface area (Å²) in [6.07, 6.45) is 0. The van der Waals surface area contributed by atoms with Gasteiger partial charge in [0.1, 0.15) is 52.4 Å². The van der Waals surface area contributed by atoms with Crippen molar-refractivity contribution in [3.8, 4) is 80.1 Å². The van der Waals surface area contributed by atoms with Gasteiger partial charge in [-0.15, -0.1) is 0 Å². The van der Waals surface area contributed by atoms with E-state index in [0.29, 0.717) is 60.7 Å². The lowest BCUT2D eigenvalue weighted by molar-refractivity contribution is 0.284. The molecule has 0 saturated carbocycles. The van der Waals surface area contributed by atoms with E-state index in [4.69, 9.17) is 31.6 Å². The highest BCUT2D eigenvalue weighted by atomic mass is 32.3. The van der Waals surface area contributed by atoms with Crippen LogP contribution in [0.3, 0.4) is 0 Å². The van der Waals surface area contributed by atoms with Crippen LogP contribution in [0.1, 0.15) is 11.1 Å². The zero-order valence-corrected chi connectivity index (χ0v) is 46.2. The summed E-state index contributed by atoms with van der Waals surface area (Å²) in [4.78, 5) is 28.5. The predicted molar refractivity (Wildman–Crippen MR) is 272 cm³/mol. The quantitative estimate of drug-likeness (QED) is 0.0388. The molecule has 0 unspecified atom stereocenters. The molecule has 0 fully saturated rings. The molecule has 84 heavy (non-hydrogen) atoms. The molecule has 7 rings (SSSR count).